The smallest absolute Gasteiger partial charge is 0.158 e. The predicted molar refractivity (Wildman–Crippen MR) is 92.5 cm³/mol. The van der Waals surface area contributed by atoms with Crippen LogP contribution in [0.2, 0.25) is 0 Å². The highest BCUT2D eigenvalue weighted by Crippen LogP contribution is 2.21. The van der Waals surface area contributed by atoms with Gasteiger partial charge in [0.25, 0.3) is 0 Å². The van der Waals surface area contributed by atoms with Crippen LogP contribution in [0.15, 0.2) is 30.3 Å². The summed E-state index contributed by atoms with van der Waals surface area (Å²) >= 11 is 0. The Morgan fingerprint density at radius 3 is 2.74 bits per heavy atom. The Bertz CT molecular complexity index is 832. The standard InChI is InChI=1S/C17H22N6/c1-21-8-10-22(11-9-21)7-6-13-12-16-19-17(18)14-4-2-3-5-15(14)23(16)20-13/h2-5,12H,6-11H2,1H3,(H2,18,19). The van der Waals surface area contributed by atoms with Gasteiger partial charge in [0.05, 0.1) is 11.2 Å². The second kappa shape index (κ2) is 5.79. The second-order valence-electron chi connectivity index (χ2n) is 6.31. The van der Waals surface area contributed by atoms with Crippen molar-refractivity contribution in [2.45, 2.75) is 6.42 Å². The molecule has 0 spiro atoms. The Morgan fingerprint density at radius 1 is 1.13 bits per heavy atom. The molecule has 4 rings (SSSR count). The topological polar surface area (TPSA) is 62.7 Å². The Morgan fingerprint density at radius 2 is 1.91 bits per heavy atom. The van der Waals surface area contributed by atoms with E-state index < -0.39 is 0 Å². The van der Waals surface area contributed by atoms with E-state index in [1.54, 1.807) is 0 Å². The van der Waals surface area contributed by atoms with Gasteiger partial charge in [-0.25, -0.2) is 9.50 Å². The number of benzene rings is 1. The molecule has 1 aliphatic rings. The lowest BCUT2D eigenvalue weighted by molar-refractivity contribution is 0.155. The summed E-state index contributed by atoms with van der Waals surface area (Å²) in [7, 11) is 2.18. The highest BCUT2D eigenvalue weighted by Gasteiger charge is 2.15. The van der Waals surface area contributed by atoms with Crippen molar-refractivity contribution in [3.05, 3.63) is 36.0 Å². The van der Waals surface area contributed by atoms with E-state index in [1.807, 2.05) is 28.8 Å². The molecule has 0 atom stereocenters. The number of anilines is 1. The molecule has 6 heteroatoms. The summed E-state index contributed by atoms with van der Waals surface area (Å²) < 4.78 is 1.91. The first-order chi connectivity index (χ1) is 11.2. The normalized spacial score (nSPS) is 17.3. The quantitative estimate of drug-likeness (QED) is 0.789. The zero-order valence-corrected chi connectivity index (χ0v) is 13.4. The lowest BCUT2D eigenvalue weighted by Crippen LogP contribution is -2.45. The number of hydrogen-bond donors (Lipinski definition) is 1. The van der Waals surface area contributed by atoms with Crippen LogP contribution in [0.4, 0.5) is 5.82 Å². The van der Waals surface area contributed by atoms with Gasteiger partial charge in [0.1, 0.15) is 5.82 Å². The largest absolute Gasteiger partial charge is 0.383 e. The number of para-hydroxylation sites is 1. The maximum Gasteiger partial charge on any atom is 0.158 e. The van der Waals surface area contributed by atoms with E-state index in [2.05, 4.69) is 27.9 Å². The molecule has 0 amide bonds. The number of piperazine rings is 1. The van der Waals surface area contributed by atoms with Crippen molar-refractivity contribution in [3.63, 3.8) is 0 Å². The molecular weight excluding hydrogens is 288 g/mol. The summed E-state index contributed by atoms with van der Waals surface area (Å²) in [5, 5.41) is 5.70. The third-order valence-electron chi connectivity index (χ3n) is 4.66. The lowest BCUT2D eigenvalue weighted by Gasteiger charge is -2.32. The number of nitrogens with zero attached hydrogens (tertiary/aromatic N) is 5. The molecule has 3 aromatic rings. The molecule has 1 aromatic carbocycles. The molecule has 1 saturated heterocycles. The number of aromatic nitrogens is 3. The molecule has 3 heterocycles. The van der Waals surface area contributed by atoms with Crippen LogP contribution in [0.25, 0.3) is 16.6 Å². The van der Waals surface area contributed by atoms with E-state index in [-0.39, 0.29) is 0 Å². The fourth-order valence-corrected chi connectivity index (χ4v) is 3.20. The maximum atomic E-state index is 6.07. The first kappa shape index (κ1) is 14.4. The Balaban J connectivity index is 1.58. The highest BCUT2D eigenvalue weighted by molar-refractivity contribution is 5.90. The van der Waals surface area contributed by atoms with Crippen LogP contribution in [0.3, 0.4) is 0 Å². The van der Waals surface area contributed by atoms with Crippen molar-refractivity contribution in [2.75, 3.05) is 45.5 Å². The highest BCUT2D eigenvalue weighted by atomic mass is 15.3. The zero-order valence-electron chi connectivity index (χ0n) is 13.4. The van der Waals surface area contributed by atoms with Crippen LogP contribution in [0.1, 0.15) is 5.69 Å². The van der Waals surface area contributed by atoms with Crippen molar-refractivity contribution >= 4 is 22.4 Å². The predicted octanol–water partition coefficient (Wildman–Crippen LogP) is 1.25. The molecule has 0 aliphatic carbocycles. The van der Waals surface area contributed by atoms with Gasteiger partial charge in [0.15, 0.2) is 5.65 Å². The molecule has 1 fully saturated rings. The lowest BCUT2D eigenvalue weighted by atomic mass is 10.2. The van der Waals surface area contributed by atoms with Gasteiger partial charge in [-0.3, -0.25) is 0 Å². The molecule has 0 saturated carbocycles. The van der Waals surface area contributed by atoms with E-state index in [9.17, 15) is 0 Å². The van der Waals surface area contributed by atoms with Gasteiger partial charge >= 0.3 is 0 Å². The number of fused-ring (bicyclic) bond motifs is 3. The summed E-state index contributed by atoms with van der Waals surface area (Å²) in [6, 6.07) is 10.1. The first-order valence-electron chi connectivity index (χ1n) is 8.14. The molecule has 0 bridgehead atoms. The van der Waals surface area contributed by atoms with Gasteiger partial charge in [-0.05, 0) is 19.2 Å². The average molecular weight is 310 g/mol. The fraction of sp³-hybridized carbons (Fsp3) is 0.412. The fourth-order valence-electron chi connectivity index (χ4n) is 3.20. The number of rotatable bonds is 3. The minimum absolute atomic E-state index is 0.568. The SMILES string of the molecule is CN1CCN(CCc2cc3nc(N)c4ccccc4n3n2)CC1. The van der Waals surface area contributed by atoms with Crippen molar-refractivity contribution in [1.82, 2.24) is 24.4 Å². The molecule has 6 nitrogen and oxygen atoms in total. The molecule has 23 heavy (non-hydrogen) atoms. The number of nitrogen functional groups attached to an aromatic ring is 1. The van der Waals surface area contributed by atoms with E-state index in [4.69, 9.17) is 10.8 Å². The van der Waals surface area contributed by atoms with E-state index in [0.29, 0.717) is 5.82 Å². The zero-order chi connectivity index (χ0) is 15.8. The van der Waals surface area contributed by atoms with Gasteiger partial charge in [0, 0.05) is 50.6 Å². The summed E-state index contributed by atoms with van der Waals surface area (Å²) in [6.07, 6.45) is 0.946. The Kier molecular flexibility index (Phi) is 3.63. The van der Waals surface area contributed by atoms with E-state index in [0.717, 1.165) is 61.4 Å². The van der Waals surface area contributed by atoms with Gasteiger partial charge in [-0.2, -0.15) is 5.10 Å². The Labute approximate surface area is 135 Å². The van der Waals surface area contributed by atoms with Gasteiger partial charge in [-0.1, -0.05) is 12.1 Å². The van der Waals surface area contributed by atoms with Crippen molar-refractivity contribution in [3.8, 4) is 0 Å². The summed E-state index contributed by atoms with van der Waals surface area (Å²) in [6.45, 7) is 5.61. The van der Waals surface area contributed by atoms with Crippen LogP contribution in [-0.4, -0.2) is 64.2 Å². The molecule has 120 valence electrons. The van der Waals surface area contributed by atoms with Gasteiger partial charge in [-0.15, -0.1) is 0 Å². The van der Waals surface area contributed by atoms with Gasteiger partial charge in [0.2, 0.25) is 0 Å². The van der Waals surface area contributed by atoms with Crippen LogP contribution in [0.5, 0.6) is 0 Å². The van der Waals surface area contributed by atoms with Gasteiger partial charge < -0.3 is 15.5 Å². The number of likely N-dealkylation sites (N-methyl/N-ethyl adjacent to an activating group) is 1. The molecule has 2 aromatic heterocycles. The van der Waals surface area contributed by atoms with Crippen molar-refractivity contribution in [1.29, 1.82) is 0 Å². The summed E-state index contributed by atoms with van der Waals surface area (Å²) in [5.74, 6) is 0.568. The third kappa shape index (κ3) is 2.75. The van der Waals surface area contributed by atoms with Crippen molar-refractivity contribution < 1.29 is 0 Å². The Hall–Kier alpha value is -2.18. The molecule has 0 radical (unpaired) electrons. The average Bonchev–Trinajstić information content (AvgIpc) is 2.98. The summed E-state index contributed by atoms with van der Waals surface area (Å²) in [5.41, 5.74) is 8.99. The maximum absolute atomic E-state index is 6.07. The van der Waals surface area contributed by atoms with Crippen LogP contribution >= 0.6 is 0 Å². The molecule has 2 N–H and O–H groups in total. The number of nitrogens with two attached hydrogens (primary N) is 1. The minimum atomic E-state index is 0.568. The van der Waals surface area contributed by atoms with Crippen LogP contribution in [-0.2, 0) is 6.42 Å². The summed E-state index contributed by atoms with van der Waals surface area (Å²) in [4.78, 5) is 9.37. The molecule has 0 unspecified atom stereocenters. The van der Waals surface area contributed by atoms with E-state index in [1.165, 1.54) is 0 Å². The second-order valence-corrected chi connectivity index (χ2v) is 6.31. The van der Waals surface area contributed by atoms with Crippen LogP contribution < -0.4 is 5.73 Å². The first-order valence-corrected chi connectivity index (χ1v) is 8.14. The van der Waals surface area contributed by atoms with E-state index >= 15 is 0 Å². The number of hydrogen-bond acceptors (Lipinski definition) is 5. The minimum Gasteiger partial charge on any atom is -0.383 e. The third-order valence-corrected chi connectivity index (χ3v) is 4.66. The monoisotopic (exact) mass is 310 g/mol. The molecular formula is C17H22N6. The molecule has 1 aliphatic heterocycles. The van der Waals surface area contributed by atoms with Crippen molar-refractivity contribution in [2.24, 2.45) is 0 Å². The van der Waals surface area contributed by atoms with Crippen LogP contribution in [0, 0.1) is 0 Å².